The van der Waals surface area contributed by atoms with E-state index in [1.165, 1.54) is 0 Å². The van der Waals surface area contributed by atoms with Gasteiger partial charge in [-0.15, -0.1) is 5.10 Å². The average molecular weight is 403 g/mol. The van der Waals surface area contributed by atoms with Gasteiger partial charge in [0, 0.05) is 11.4 Å². The Kier molecular flexibility index (Phi) is 6.28. The summed E-state index contributed by atoms with van der Waals surface area (Å²) in [6, 6.07) is 7.21. The lowest BCUT2D eigenvalue weighted by atomic mass is 9.96. The Bertz CT molecular complexity index is 874. The number of nitrogens with zero attached hydrogens (tertiary/aromatic N) is 3. The Balaban J connectivity index is 2.05. The van der Waals surface area contributed by atoms with Crippen LogP contribution in [0.25, 0.3) is 0 Å². The molecule has 2 heterocycles. The lowest BCUT2D eigenvalue weighted by Crippen LogP contribution is -2.29. The third kappa shape index (κ3) is 4.16. The van der Waals surface area contributed by atoms with Crippen LogP contribution in [0.2, 0.25) is 0 Å². The van der Waals surface area contributed by atoms with Crippen LogP contribution in [0.4, 0.5) is 5.95 Å². The second-order valence-corrected chi connectivity index (χ2v) is 7.91. The Morgan fingerprint density at radius 1 is 1.32 bits per heavy atom. The summed E-state index contributed by atoms with van der Waals surface area (Å²) in [4.78, 5) is 17.4. The summed E-state index contributed by atoms with van der Waals surface area (Å²) in [7, 11) is 1.63. The fourth-order valence-corrected chi connectivity index (χ4v) is 3.78. The minimum atomic E-state index is -0.415. The number of aromatic nitrogens is 3. The molecule has 1 aromatic heterocycles. The van der Waals surface area contributed by atoms with Crippen molar-refractivity contribution in [2.24, 2.45) is 5.92 Å². The number of carbonyl (C=O) groups is 1. The summed E-state index contributed by atoms with van der Waals surface area (Å²) >= 11 is 1.61. The maximum atomic E-state index is 12.7. The maximum Gasteiger partial charge on any atom is 0.338 e. The largest absolute Gasteiger partial charge is 0.497 e. The summed E-state index contributed by atoms with van der Waals surface area (Å²) in [5.74, 6) is 2.48. The minimum Gasteiger partial charge on any atom is -0.497 e. The van der Waals surface area contributed by atoms with Crippen LogP contribution in [0, 0.1) is 5.92 Å². The van der Waals surface area contributed by atoms with Crippen LogP contribution in [-0.2, 0) is 9.53 Å². The SMILES string of the molecule is CCOC(=O)C1=C(C)Nc2nc(SCC(C)C)nn2[C@H]1c1ccc(OC)cc1. The van der Waals surface area contributed by atoms with Gasteiger partial charge in [-0.3, -0.25) is 0 Å². The third-order valence-electron chi connectivity index (χ3n) is 4.31. The van der Waals surface area contributed by atoms with Gasteiger partial charge in [0.2, 0.25) is 11.1 Å². The van der Waals surface area contributed by atoms with Crippen molar-refractivity contribution in [2.75, 3.05) is 24.8 Å². The van der Waals surface area contributed by atoms with E-state index in [2.05, 4.69) is 29.2 Å². The summed E-state index contributed by atoms with van der Waals surface area (Å²) in [6.07, 6.45) is 0. The summed E-state index contributed by atoms with van der Waals surface area (Å²) < 4.78 is 12.4. The number of benzene rings is 1. The molecule has 150 valence electrons. The topological polar surface area (TPSA) is 78.3 Å². The first-order chi connectivity index (χ1) is 13.4. The first-order valence-corrected chi connectivity index (χ1v) is 10.3. The Morgan fingerprint density at radius 2 is 2.04 bits per heavy atom. The molecule has 0 saturated carbocycles. The molecule has 0 spiro atoms. The predicted octanol–water partition coefficient (Wildman–Crippen LogP) is 3.89. The molecule has 3 rings (SSSR count). The molecule has 28 heavy (non-hydrogen) atoms. The molecule has 2 aromatic rings. The van der Waals surface area contributed by atoms with Gasteiger partial charge >= 0.3 is 5.97 Å². The molecule has 1 aliphatic heterocycles. The third-order valence-corrected chi connectivity index (χ3v) is 5.57. The molecule has 1 aromatic carbocycles. The standard InChI is InChI=1S/C20H26N4O3S/c1-6-27-18(25)16-13(4)21-19-22-20(28-11-12(2)3)23-24(19)17(16)14-7-9-15(26-5)10-8-14/h7-10,12,17H,6,11H2,1-5H3,(H,21,22,23)/t17-/m0/s1. The number of carbonyl (C=O) groups excluding carboxylic acids is 1. The van der Waals surface area contributed by atoms with E-state index in [4.69, 9.17) is 9.47 Å². The maximum absolute atomic E-state index is 12.7. The van der Waals surface area contributed by atoms with Gasteiger partial charge in [0.15, 0.2) is 0 Å². The second kappa shape index (κ2) is 8.68. The number of thioether (sulfide) groups is 1. The summed E-state index contributed by atoms with van der Waals surface area (Å²) in [5, 5.41) is 8.58. The number of ether oxygens (including phenoxy) is 2. The molecule has 0 fully saturated rings. The van der Waals surface area contributed by atoms with E-state index in [0.29, 0.717) is 29.2 Å². The van der Waals surface area contributed by atoms with Crippen LogP contribution in [0.1, 0.15) is 39.3 Å². The van der Waals surface area contributed by atoms with Crippen LogP contribution in [-0.4, -0.2) is 40.2 Å². The molecule has 1 atom stereocenters. The summed E-state index contributed by atoms with van der Waals surface area (Å²) in [6.45, 7) is 8.29. The number of hydrogen-bond acceptors (Lipinski definition) is 7. The molecule has 8 heteroatoms. The molecule has 0 amide bonds. The van der Waals surface area contributed by atoms with Crippen molar-refractivity contribution in [3.05, 3.63) is 41.1 Å². The number of esters is 1. The normalized spacial score (nSPS) is 16.0. The van der Waals surface area contributed by atoms with Crippen molar-refractivity contribution in [1.29, 1.82) is 0 Å². The quantitative estimate of drug-likeness (QED) is 0.556. The van der Waals surface area contributed by atoms with E-state index in [1.54, 1.807) is 30.5 Å². The first kappa shape index (κ1) is 20.3. The van der Waals surface area contributed by atoms with Crippen molar-refractivity contribution in [1.82, 2.24) is 14.8 Å². The monoisotopic (exact) mass is 402 g/mol. The van der Waals surface area contributed by atoms with Gasteiger partial charge in [-0.25, -0.2) is 9.48 Å². The Hall–Kier alpha value is -2.48. The summed E-state index contributed by atoms with van der Waals surface area (Å²) in [5.41, 5.74) is 2.17. The van der Waals surface area contributed by atoms with Gasteiger partial charge < -0.3 is 14.8 Å². The Labute approximate surface area is 169 Å². The van der Waals surface area contributed by atoms with E-state index in [0.717, 1.165) is 22.8 Å². The molecule has 0 aliphatic carbocycles. The van der Waals surface area contributed by atoms with Crippen molar-refractivity contribution in [3.8, 4) is 5.75 Å². The van der Waals surface area contributed by atoms with Gasteiger partial charge in [-0.1, -0.05) is 37.7 Å². The highest BCUT2D eigenvalue weighted by Gasteiger charge is 2.35. The number of allylic oxidation sites excluding steroid dienone is 1. The number of anilines is 1. The second-order valence-electron chi connectivity index (χ2n) is 6.93. The van der Waals surface area contributed by atoms with Crippen LogP contribution in [0.15, 0.2) is 40.7 Å². The molecule has 0 saturated heterocycles. The molecule has 1 aliphatic rings. The molecular weight excluding hydrogens is 376 g/mol. The Morgan fingerprint density at radius 3 is 2.64 bits per heavy atom. The van der Waals surface area contributed by atoms with E-state index >= 15 is 0 Å². The fourth-order valence-electron chi connectivity index (χ4n) is 3.00. The van der Waals surface area contributed by atoms with Crippen LogP contribution >= 0.6 is 11.8 Å². The van der Waals surface area contributed by atoms with Gasteiger partial charge in [-0.05, 0) is 37.5 Å². The van der Waals surface area contributed by atoms with Gasteiger partial charge in [0.05, 0.1) is 19.3 Å². The fraction of sp³-hybridized carbons (Fsp3) is 0.450. The zero-order valence-electron chi connectivity index (χ0n) is 16.9. The van der Waals surface area contributed by atoms with Crippen molar-refractivity contribution < 1.29 is 14.3 Å². The van der Waals surface area contributed by atoms with Crippen LogP contribution in [0.5, 0.6) is 5.75 Å². The molecule has 0 bridgehead atoms. The zero-order chi connectivity index (χ0) is 20.3. The smallest absolute Gasteiger partial charge is 0.338 e. The van der Waals surface area contributed by atoms with E-state index < -0.39 is 6.04 Å². The average Bonchev–Trinajstić information content (AvgIpc) is 3.08. The number of methoxy groups -OCH3 is 1. The molecular formula is C20H26N4O3S. The highest BCUT2D eigenvalue weighted by Crippen LogP contribution is 2.37. The van der Waals surface area contributed by atoms with Gasteiger partial charge in [-0.2, -0.15) is 4.98 Å². The van der Waals surface area contributed by atoms with Crippen LogP contribution in [0.3, 0.4) is 0 Å². The minimum absolute atomic E-state index is 0.310. The molecule has 1 N–H and O–H groups in total. The first-order valence-electron chi connectivity index (χ1n) is 9.32. The molecule has 0 unspecified atom stereocenters. The predicted molar refractivity (Wildman–Crippen MR) is 110 cm³/mol. The van der Waals surface area contributed by atoms with Gasteiger partial charge in [0.1, 0.15) is 11.8 Å². The number of hydrogen-bond donors (Lipinski definition) is 1. The van der Waals surface area contributed by atoms with Crippen molar-refractivity contribution >= 4 is 23.7 Å². The number of nitrogens with one attached hydrogen (secondary N) is 1. The highest BCUT2D eigenvalue weighted by molar-refractivity contribution is 7.99. The number of rotatable bonds is 7. The lowest BCUT2D eigenvalue weighted by Gasteiger charge is -2.28. The lowest BCUT2D eigenvalue weighted by molar-refractivity contribution is -0.139. The van der Waals surface area contributed by atoms with Crippen molar-refractivity contribution in [2.45, 2.75) is 38.9 Å². The van der Waals surface area contributed by atoms with Crippen molar-refractivity contribution in [3.63, 3.8) is 0 Å². The zero-order valence-corrected chi connectivity index (χ0v) is 17.7. The molecule has 0 radical (unpaired) electrons. The molecule has 7 nitrogen and oxygen atoms in total. The van der Waals surface area contributed by atoms with Gasteiger partial charge in [0.25, 0.3) is 0 Å². The van der Waals surface area contributed by atoms with E-state index in [-0.39, 0.29) is 5.97 Å². The highest BCUT2D eigenvalue weighted by atomic mass is 32.2. The van der Waals surface area contributed by atoms with E-state index in [9.17, 15) is 4.79 Å². The van der Waals surface area contributed by atoms with Crippen LogP contribution < -0.4 is 10.1 Å². The number of fused-ring (bicyclic) bond motifs is 1. The van der Waals surface area contributed by atoms with E-state index in [1.807, 2.05) is 31.2 Å².